The number of aromatic nitrogens is 1. The van der Waals surface area contributed by atoms with Crippen LogP contribution in [0.25, 0.3) is 10.9 Å². The number of hydrogen-bond donors (Lipinski definition) is 1. The van der Waals surface area contributed by atoms with Crippen LogP contribution < -0.4 is 0 Å². The number of fused-ring (bicyclic) bond motifs is 1. The van der Waals surface area contributed by atoms with Gasteiger partial charge in [-0.25, -0.2) is 0 Å². The molecule has 1 aromatic heterocycles. The lowest BCUT2D eigenvalue weighted by Crippen LogP contribution is -1.74. The number of nitrogens with one attached hydrogen (secondary N) is 1. The molecule has 1 N–H and O–H groups in total. The normalized spacial score (nSPS) is 11.0. The molecule has 0 unspecified atom stereocenters. The van der Waals surface area contributed by atoms with Gasteiger partial charge >= 0.3 is 0 Å². The molecule has 0 saturated heterocycles. The van der Waals surface area contributed by atoms with Gasteiger partial charge in [-0.15, -0.1) is 11.6 Å². The second-order valence-corrected chi connectivity index (χ2v) is 3.83. The van der Waals surface area contributed by atoms with Gasteiger partial charge in [0.05, 0.1) is 21.4 Å². The third-order valence-electron chi connectivity index (χ3n) is 1.89. The summed E-state index contributed by atoms with van der Waals surface area (Å²) in [6.07, 6.45) is 0. The number of rotatable bonds is 1. The average Bonchev–Trinajstić information content (AvgIpc) is 2.56. The first kappa shape index (κ1) is 9.20. The number of aromatic amines is 1. The van der Waals surface area contributed by atoms with E-state index in [0.29, 0.717) is 15.9 Å². The summed E-state index contributed by atoms with van der Waals surface area (Å²) in [5.41, 5.74) is 1.77. The quantitative estimate of drug-likeness (QED) is 0.711. The molecule has 0 saturated carbocycles. The maximum absolute atomic E-state index is 5.98. The molecule has 13 heavy (non-hydrogen) atoms. The Hall–Kier alpha value is -0.370. The minimum Gasteiger partial charge on any atom is -0.356 e. The van der Waals surface area contributed by atoms with E-state index in [1.807, 2.05) is 6.07 Å². The van der Waals surface area contributed by atoms with E-state index in [0.717, 1.165) is 16.6 Å². The summed E-state index contributed by atoms with van der Waals surface area (Å²) >= 11 is 17.6. The van der Waals surface area contributed by atoms with Crippen molar-refractivity contribution in [3.05, 3.63) is 33.9 Å². The van der Waals surface area contributed by atoms with Crippen LogP contribution in [0.15, 0.2) is 18.2 Å². The predicted molar refractivity (Wildman–Crippen MR) is 57.9 cm³/mol. The van der Waals surface area contributed by atoms with E-state index in [-0.39, 0.29) is 0 Å². The molecule has 0 aliphatic heterocycles. The van der Waals surface area contributed by atoms with Crippen LogP contribution in [0, 0.1) is 0 Å². The van der Waals surface area contributed by atoms with Crippen molar-refractivity contribution in [2.45, 2.75) is 5.88 Å². The van der Waals surface area contributed by atoms with Gasteiger partial charge in [-0.1, -0.05) is 23.2 Å². The van der Waals surface area contributed by atoms with Gasteiger partial charge in [-0.3, -0.25) is 0 Å². The molecular weight excluding hydrogens is 228 g/mol. The second kappa shape index (κ2) is 3.41. The van der Waals surface area contributed by atoms with Gasteiger partial charge in [0.25, 0.3) is 0 Å². The van der Waals surface area contributed by atoms with E-state index in [1.54, 1.807) is 12.1 Å². The lowest BCUT2D eigenvalue weighted by atomic mass is 10.2. The Balaban J connectivity index is 2.80. The molecule has 0 atom stereocenters. The SMILES string of the molecule is ClCc1cc2c(Cl)ccc(Cl)c2[nH]1. The van der Waals surface area contributed by atoms with Crippen LogP contribution in [-0.4, -0.2) is 4.98 Å². The summed E-state index contributed by atoms with van der Waals surface area (Å²) in [5.74, 6) is 0.432. The van der Waals surface area contributed by atoms with Gasteiger partial charge in [-0.05, 0) is 18.2 Å². The van der Waals surface area contributed by atoms with Crippen molar-refractivity contribution in [2.24, 2.45) is 0 Å². The zero-order valence-corrected chi connectivity index (χ0v) is 8.84. The Labute approximate surface area is 90.6 Å². The van der Waals surface area contributed by atoms with Crippen LogP contribution in [0.1, 0.15) is 5.69 Å². The zero-order valence-electron chi connectivity index (χ0n) is 6.57. The van der Waals surface area contributed by atoms with E-state index in [9.17, 15) is 0 Å². The van der Waals surface area contributed by atoms with Crippen molar-refractivity contribution >= 4 is 45.7 Å². The van der Waals surface area contributed by atoms with Crippen molar-refractivity contribution in [1.29, 1.82) is 0 Å². The Kier molecular flexibility index (Phi) is 2.41. The summed E-state index contributed by atoms with van der Waals surface area (Å²) in [7, 11) is 0. The molecule has 0 aliphatic rings. The Morgan fingerprint density at radius 1 is 1.15 bits per heavy atom. The molecule has 2 aromatic rings. The summed E-state index contributed by atoms with van der Waals surface area (Å²) in [4.78, 5) is 3.11. The van der Waals surface area contributed by atoms with Crippen LogP contribution in [0.3, 0.4) is 0 Å². The highest BCUT2D eigenvalue weighted by Crippen LogP contribution is 2.30. The molecule has 1 heterocycles. The van der Waals surface area contributed by atoms with Crippen molar-refractivity contribution in [1.82, 2.24) is 4.98 Å². The fraction of sp³-hybridized carbons (Fsp3) is 0.111. The van der Waals surface area contributed by atoms with Crippen molar-refractivity contribution in [3.8, 4) is 0 Å². The number of alkyl halides is 1. The first-order valence-electron chi connectivity index (χ1n) is 3.74. The third kappa shape index (κ3) is 1.52. The molecule has 0 radical (unpaired) electrons. The molecule has 2 rings (SSSR count). The van der Waals surface area contributed by atoms with Gasteiger partial charge in [0.1, 0.15) is 0 Å². The summed E-state index contributed by atoms with van der Waals surface area (Å²) < 4.78 is 0. The number of benzene rings is 1. The van der Waals surface area contributed by atoms with Gasteiger partial charge in [-0.2, -0.15) is 0 Å². The van der Waals surface area contributed by atoms with Crippen LogP contribution >= 0.6 is 34.8 Å². The predicted octanol–water partition coefficient (Wildman–Crippen LogP) is 4.21. The Morgan fingerprint density at radius 3 is 2.46 bits per heavy atom. The zero-order chi connectivity index (χ0) is 9.42. The van der Waals surface area contributed by atoms with E-state index in [2.05, 4.69) is 4.98 Å². The van der Waals surface area contributed by atoms with Crippen molar-refractivity contribution < 1.29 is 0 Å². The van der Waals surface area contributed by atoms with Crippen LogP contribution in [0.2, 0.25) is 10.0 Å². The van der Waals surface area contributed by atoms with Crippen LogP contribution in [-0.2, 0) is 5.88 Å². The number of halogens is 3. The Bertz CT molecular complexity index is 408. The summed E-state index contributed by atoms with van der Waals surface area (Å²) in [6, 6.07) is 5.45. The molecule has 68 valence electrons. The Morgan fingerprint density at radius 2 is 1.85 bits per heavy atom. The number of hydrogen-bond acceptors (Lipinski definition) is 0. The highest BCUT2D eigenvalue weighted by atomic mass is 35.5. The fourth-order valence-electron chi connectivity index (χ4n) is 1.28. The summed E-state index contributed by atoms with van der Waals surface area (Å²) in [6.45, 7) is 0. The molecule has 0 bridgehead atoms. The smallest absolute Gasteiger partial charge is 0.0660 e. The average molecular weight is 235 g/mol. The topological polar surface area (TPSA) is 15.8 Å². The minimum absolute atomic E-state index is 0.432. The molecule has 0 amide bonds. The minimum atomic E-state index is 0.432. The first-order chi connectivity index (χ1) is 6.22. The van der Waals surface area contributed by atoms with Crippen molar-refractivity contribution in [3.63, 3.8) is 0 Å². The maximum Gasteiger partial charge on any atom is 0.0660 e. The van der Waals surface area contributed by atoms with Gasteiger partial charge in [0, 0.05) is 11.1 Å². The van der Waals surface area contributed by atoms with Crippen LogP contribution in [0.4, 0.5) is 0 Å². The molecule has 1 nitrogen and oxygen atoms in total. The standard InChI is InChI=1S/C9H6Cl3N/c10-4-5-3-6-7(11)1-2-8(12)9(6)13-5/h1-3,13H,4H2. The van der Waals surface area contributed by atoms with E-state index in [1.165, 1.54) is 0 Å². The first-order valence-corrected chi connectivity index (χ1v) is 5.03. The van der Waals surface area contributed by atoms with E-state index in [4.69, 9.17) is 34.8 Å². The highest BCUT2D eigenvalue weighted by Gasteiger charge is 2.06. The fourth-order valence-corrected chi connectivity index (χ4v) is 1.85. The van der Waals surface area contributed by atoms with Gasteiger partial charge in [0.15, 0.2) is 0 Å². The van der Waals surface area contributed by atoms with Crippen molar-refractivity contribution in [2.75, 3.05) is 0 Å². The lowest BCUT2D eigenvalue weighted by molar-refractivity contribution is 1.26. The second-order valence-electron chi connectivity index (χ2n) is 2.75. The van der Waals surface area contributed by atoms with E-state index >= 15 is 0 Å². The third-order valence-corrected chi connectivity index (χ3v) is 2.82. The van der Waals surface area contributed by atoms with Gasteiger partial charge in [0.2, 0.25) is 0 Å². The van der Waals surface area contributed by atoms with Gasteiger partial charge < -0.3 is 4.98 Å². The monoisotopic (exact) mass is 233 g/mol. The lowest BCUT2D eigenvalue weighted by Gasteiger charge is -1.94. The molecule has 0 aliphatic carbocycles. The van der Waals surface area contributed by atoms with E-state index < -0.39 is 0 Å². The largest absolute Gasteiger partial charge is 0.356 e. The molecule has 1 aromatic carbocycles. The maximum atomic E-state index is 5.98. The number of H-pyrrole nitrogens is 1. The molecular formula is C9H6Cl3N. The molecule has 4 heteroatoms. The summed E-state index contributed by atoms with van der Waals surface area (Å²) in [5, 5.41) is 2.27. The highest BCUT2D eigenvalue weighted by molar-refractivity contribution is 6.40. The molecule has 0 fully saturated rings. The van der Waals surface area contributed by atoms with Crippen LogP contribution in [0.5, 0.6) is 0 Å². The molecule has 0 spiro atoms.